The van der Waals surface area contributed by atoms with Gasteiger partial charge in [-0.25, -0.2) is 4.79 Å². The van der Waals surface area contributed by atoms with Crippen LogP contribution in [0.15, 0.2) is 42.5 Å². The van der Waals surface area contributed by atoms with Crippen molar-refractivity contribution < 1.29 is 39.1 Å². The van der Waals surface area contributed by atoms with Crippen LogP contribution in [0.4, 0.5) is 0 Å². The fourth-order valence-electron chi connectivity index (χ4n) is 2.66. The van der Waals surface area contributed by atoms with Gasteiger partial charge in [0.25, 0.3) is 0 Å². The first-order valence-corrected chi connectivity index (χ1v) is 8.69. The number of rotatable bonds is 9. The second kappa shape index (κ2) is 10.4. The third kappa shape index (κ3) is 5.87. The molecule has 0 heterocycles. The van der Waals surface area contributed by atoms with Crippen molar-refractivity contribution in [3.63, 3.8) is 0 Å². The fraction of sp³-hybridized carbons (Fsp3) is 0.286. The summed E-state index contributed by atoms with van der Waals surface area (Å²) in [5.41, 5.74) is 1.13. The van der Waals surface area contributed by atoms with Crippen LogP contribution in [0.2, 0.25) is 0 Å². The molecule has 8 nitrogen and oxygen atoms in total. The van der Waals surface area contributed by atoms with Gasteiger partial charge in [-0.15, -0.1) is 0 Å². The molecule has 2 atom stereocenters. The number of ether oxygens (including phenoxy) is 4. The van der Waals surface area contributed by atoms with Crippen LogP contribution in [0.1, 0.15) is 17.2 Å². The van der Waals surface area contributed by atoms with Crippen LogP contribution in [0.25, 0.3) is 6.08 Å². The second-order valence-electron chi connectivity index (χ2n) is 6.05. The average Bonchev–Trinajstić information content (AvgIpc) is 2.73. The van der Waals surface area contributed by atoms with E-state index in [4.69, 9.17) is 18.9 Å². The molecule has 2 aromatic rings. The van der Waals surface area contributed by atoms with E-state index in [1.807, 2.05) is 0 Å². The van der Waals surface area contributed by atoms with E-state index in [-0.39, 0.29) is 18.1 Å². The zero-order valence-electron chi connectivity index (χ0n) is 16.4. The van der Waals surface area contributed by atoms with E-state index in [9.17, 15) is 20.1 Å². The molecule has 0 unspecified atom stereocenters. The summed E-state index contributed by atoms with van der Waals surface area (Å²) < 4.78 is 20.8. The van der Waals surface area contributed by atoms with Crippen LogP contribution in [-0.2, 0) is 14.3 Å². The van der Waals surface area contributed by atoms with E-state index in [0.717, 1.165) is 6.08 Å². The standard InChI is InChI=1S/C21H24O8/c1-26-18-8-6-14(11-19(18)27-2)21(28-3)17(24)12-29-20(25)9-5-13-4-7-15(22)16(23)10-13/h4-11,17,21-24H,12H2,1-3H3/b9-5+/t17-,21-/m1/s1. The zero-order valence-corrected chi connectivity index (χ0v) is 16.4. The van der Waals surface area contributed by atoms with Crippen LogP contribution in [0.3, 0.4) is 0 Å². The van der Waals surface area contributed by atoms with Crippen molar-refractivity contribution in [3.05, 3.63) is 53.6 Å². The molecule has 0 amide bonds. The first-order chi connectivity index (χ1) is 13.9. The van der Waals surface area contributed by atoms with E-state index < -0.39 is 18.2 Å². The lowest BCUT2D eigenvalue weighted by Crippen LogP contribution is -2.26. The fourth-order valence-corrected chi connectivity index (χ4v) is 2.66. The van der Waals surface area contributed by atoms with Gasteiger partial charge in [-0.2, -0.15) is 0 Å². The van der Waals surface area contributed by atoms with Crippen molar-refractivity contribution >= 4 is 12.0 Å². The van der Waals surface area contributed by atoms with Gasteiger partial charge in [0.1, 0.15) is 18.8 Å². The molecule has 0 aliphatic heterocycles. The van der Waals surface area contributed by atoms with Crippen molar-refractivity contribution in [1.82, 2.24) is 0 Å². The SMILES string of the molecule is COc1ccc([C@@H](OC)[C@H](O)COC(=O)/C=C/c2ccc(O)c(O)c2)cc1OC. The Balaban J connectivity index is 1.98. The first kappa shape index (κ1) is 22.1. The molecule has 0 saturated carbocycles. The van der Waals surface area contributed by atoms with Crippen LogP contribution in [-0.4, -0.2) is 55.3 Å². The monoisotopic (exact) mass is 404 g/mol. The number of aliphatic hydroxyl groups excluding tert-OH is 1. The van der Waals surface area contributed by atoms with Gasteiger partial charge >= 0.3 is 5.97 Å². The van der Waals surface area contributed by atoms with Gasteiger partial charge in [-0.3, -0.25) is 0 Å². The number of aliphatic hydroxyl groups is 1. The maximum absolute atomic E-state index is 11.9. The molecule has 0 saturated heterocycles. The summed E-state index contributed by atoms with van der Waals surface area (Å²) in [5, 5.41) is 29.1. The summed E-state index contributed by atoms with van der Waals surface area (Å²) in [6, 6.07) is 9.20. The number of hydrogen-bond donors (Lipinski definition) is 3. The summed E-state index contributed by atoms with van der Waals surface area (Å²) in [4.78, 5) is 11.9. The van der Waals surface area contributed by atoms with Crippen LogP contribution >= 0.6 is 0 Å². The molecule has 0 fully saturated rings. The second-order valence-corrected chi connectivity index (χ2v) is 6.05. The van der Waals surface area contributed by atoms with Crippen molar-refractivity contribution in [3.8, 4) is 23.0 Å². The topological polar surface area (TPSA) is 115 Å². The summed E-state index contributed by atoms with van der Waals surface area (Å²) in [6.07, 6.45) is 0.695. The molecule has 8 heteroatoms. The van der Waals surface area contributed by atoms with E-state index in [0.29, 0.717) is 22.6 Å². The number of phenols is 2. The Morgan fingerprint density at radius 2 is 1.72 bits per heavy atom. The van der Waals surface area contributed by atoms with Gasteiger partial charge in [0.2, 0.25) is 0 Å². The smallest absolute Gasteiger partial charge is 0.330 e. The lowest BCUT2D eigenvalue weighted by atomic mass is 10.0. The minimum Gasteiger partial charge on any atom is -0.504 e. The molecule has 2 rings (SSSR count). The third-order valence-electron chi connectivity index (χ3n) is 4.15. The molecule has 156 valence electrons. The molecule has 0 bridgehead atoms. The number of methoxy groups -OCH3 is 3. The van der Waals surface area contributed by atoms with E-state index in [1.165, 1.54) is 45.6 Å². The lowest BCUT2D eigenvalue weighted by molar-refractivity contribution is -0.143. The Morgan fingerprint density at radius 3 is 2.34 bits per heavy atom. The number of benzene rings is 2. The van der Waals surface area contributed by atoms with Crippen molar-refractivity contribution in [1.29, 1.82) is 0 Å². The number of aromatic hydroxyl groups is 2. The highest BCUT2D eigenvalue weighted by atomic mass is 16.5. The Hall–Kier alpha value is -3.23. The number of carbonyl (C=O) groups is 1. The molecule has 2 aromatic carbocycles. The molecular formula is C21H24O8. The Labute approximate surface area is 168 Å². The number of carbonyl (C=O) groups excluding carboxylic acids is 1. The van der Waals surface area contributed by atoms with Gasteiger partial charge in [-0.1, -0.05) is 12.1 Å². The Kier molecular flexibility index (Phi) is 7.88. The average molecular weight is 404 g/mol. The van der Waals surface area contributed by atoms with Crippen LogP contribution in [0, 0.1) is 0 Å². The highest BCUT2D eigenvalue weighted by molar-refractivity contribution is 5.87. The van der Waals surface area contributed by atoms with Gasteiger partial charge in [0.05, 0.1) is 14.2 Å². The van der Waals surface area contributed by atoms with Gasteiger partial charge < -0.3 is 34.3 Å². The normalized spacial score (nSPS) is 13.1. The van der Waals surface area contributed by atoms with Crippen molar-refractivity contribution in [2.45, 2.75) is 12.2 Å². The van der Waals surface area contributed by atoms with Crippen LogP contribution in [0.5, 0.6) is 23.0 Å². The maximum Gasteiger partial charge on any atom is 0.330 e. The largest absolute Gasteiger partial charge is 0.504 e. The summed E-state index contributed by atoms with van der Waals surface area (Å²) in [7, 11) is 4.46. The summed E-state index contributed by atoms with van der Waals surface area (Å²) in [6.45, 7) is -0.295. The van der Waals surface area contributed by atoms with E-state index in [2.05, 4.69) is 0 Å². The molecular weight excluding hydrogens is 380 g/mol. The minimum absolute atomic E-state index is 0.256. The minimum atomic E-state index is -1.12. The predicted molar refractivity (Wildman–Crippen MR) is 105 cm³/mol. The maximum atomic E-state index is 11.9. The molecule has 29 heavy (non-hydrogen) atoms. The van der Waals surface area contributed by atoms with Crippen molar-refractivity contribution in [2.24, 2.45) is 0 Å². The Morgan fingerprint density at radius 1 is 1.00 bits per heavy atom. The van der Waals surface area contributed by atoms with Gasteiger partial charge in [0, 0.05) is 13.2 Å². The van der Waals surface area contributed by atoms with E-state index >= 15 is 0 Å². The summed E-state index contributed by atoms with van der Waals surface area (Å²) in [5.74, 6) is -0.213. The lowest BCUT2D eigenvalue weighted by Gasteiger charge is -2.22. The number of phenolic OH excluding ortho intramolecular Hbond substituents is 2. The number of hydrogen-bond acceptors (Lipinski definition) is 8. The molecule has 0 radical (unpaired) electrons. The summed E-state index contributed by atoms with van der Waals surface area (Å²) >= 11 is 0. The third-order valence-corrected chi connectivity index (χ3v) is 4.15. The van der Waals surface area contributed by atoms with Gasteiger partial charge in [-0.05, 0) is 41.5 Å². The number of esters is 1. The molecule has 0 spiro atoms. The molecule has 0 aliphatic carbocycles. The van der Waals surface area contributed by atoms with E-state index in [1.54, 1.807) is 18.2 Å². The predicted octanol–water partition coefficient (Wildman–Crippen LogP) is 2.42. The molecule has 0 aliphatic rings. The first-order valence-electron chi connectivity index (χ1n) is 8.69. The quantitative estimate of drug-likeness (QED) is 0.332. The Bertz CT molecular complexity index is 862. The highest BCUT2D eigenvalue weighted by Gasteiger charge is 2.23. The molecule has 0 aromatic heterocycles. The molecule has 3 N–H and O–H groups in total. The van der Waals surface area contributed by atoms with Gasteiger partial charge in [0.15, 0.2) is 23.0 Å². The van der Waals surface area contributed by atoms with Crippen molar-refractivity contribution in [2.75, 3.05) is 27.9 Å². The highest BCUT2D eigenvalue weighted by Crippen LogP contribution is 2.32. The zero-order chi connectivity index (χ0) is 21.4. The van der Waals surface area contributed by atoms with Crippen LogP contribution < -0.4 is 9.47 Å².